The second kappa shape index (κ2) is 5.55. The first-order valence-electron chi connectivity index (χ1n) is 7.19. The van der Waals surface area contributed by atoms with Gasteiger partial charge in [0.2, 0.25) is 5.91 Å². The number of likely N-dealkylation sites (tertiary alicyclic amines) is 1. The molecule has 3 heterocycles. The fraction of sp³-hybridized carbons (Fsp3) is 0.923. The summed E-state index contributed by atoms with van der Waals surface area (Å²) in [7, 11) is 0. The Morgan fingerprint density at radius 3 is 2.50 bits per heavy atom. The highest BCUT2D eigenvalue weighted by Crippen LogP contribution is 2.24. The van der Waals surface area contributed by atoms with Crippen molar-refractivity contribution in [2.75, 3.05) is 45.9 Å². The van der Waals surface area contributed by atoms with Gasteiger partial charge in [0.25, 0.3) is 0 Å². The van der Waals surface area contributed by atoms with Crippen LogP contribution in [0.1, 0.15) is 19.3 Å². The molecule has 1 N–H and O–H groups in total. The van der Waals surface area contributed by atoms with Crippen LogP contribution >= 0.6 is 0 Å². The van der Waals surface area contributed by atoms with Crippen molar-refractivity contribution in [2.45, 2.75) is 31.3 Å². The molecule has 0 aliphatic carbocycles. The summed E-state index contributed by atoms with van der Waals surface area (Å²) >= 11 is 0. The van der Waals surface area contributed by atoms with E-state index in [1.807, 2.05) is 0 Å². The zero-order valence-electron chi connectivity index (χ0n) is 10.9. The van der Waals surface area contributed by atoms with Gasteiger partial charge in [-0.1, -0.05) is 0 Å². The van der Waals surface area contributed by atoms with Crippen molar-refractivity contribution in [2.24, 2.45) is 0 Å². The summed E-state index contributed by atoms with van der Waals surface area (Å²) in [4.78, 5) is 17.0. The van der Waals surface area contributed by atoms with Gasteiger partial charge in [0.1, 0.15) is 0 Å². The van der Waals surface area contributed by atoms with E-state index in [4.69, 9.17) is 4.74 Å². The minimum atomic E-state index is 0.148. The van der Waals surface area contributed by atoms with Crippen LogP contribution in [0.2, 0.25) is 0 Å². The number of amides is 1. The molecule has 5 nitrogen and oxygen atoms in total. The van der Waals surface area contributed by atoms with Crippen molar-refractivity contribution in [3.05, 3.63) is 0 Å². The molecule has 102 valence electrons. The second-order valence-electron chi connectivity index (χ2n) is 5.47. The molecule has 0 radical (unpaired) electrons. The molecule has 0 saturated carbocycles. The van der Waals surface area contributed by atoms with E-state index in [1.54, 1.807) is 0 Å². The van der Waals surface area contributed by atoms with E-state index in [-0.39, 0.29) is 6.04 Å². The van der Waals surface area contributed by atoms with Crippen LogP contribution in [0.25, 0.3) is 0 Å². The minimum Gasteiger partial charge on any atom is -0.381 e. The fourth-order valence-corrected chi connectivity index (χ4v) is 3.38. The number of ether oxygens (including phenoxy) is 1. The molecular weight excluding hydrogens is 230 g/mol. The number of rotatable bonds is 2. The summed E-state index contributed by atoms with van der Waals surface area (Å²) in [6, 6.07) is 0.578. The molecular formula is C13H23N3O2. The number of nitrogens with one attached hydrogen (secondary N) is 1. The van der Waals surface area contributed by atoms with Crippen LogP contribution in [0, 0.1) is 0 Å². The smallest absolute Gasteiger partial charge is 0.240 e. The quantitative estimate of drug-likeness (QED) is 0.732. The van der Waals surface area contributed by atoms with Crippen LogP contribution < -0.4 is 5.32 Å². The zero-order chi connectivity index (χ0) is 12.4. The third kappa shape index (κ3) is 2.39. The molecule has 0 aromatic heterocycles. The minimum absolute atomic E-state index is 0.148. The van der Waals surface area contributed by atoms with Crippen LogP contribution in [0.4, 0.5) is 0 Å². The fourth-order valence-electron chi connectivity index (χ4n) is 3.38. The van der Waals surface area contributed by atoms with Gasteiger partial charge in [-0.05, 0) is 19.3 Å². The molecule has 3 rings (SSSR count). The summed E-state index contributed by atoms with van der Waals surface area (Å²) in [6.07, 6.45) is 3.04. The van der Waals surface area contributed by atoms with E-state index in [2.05, 4.69) is 15.1 Å². The Labute approximate surface area is 108 Å². The molecule has 0 bridgehead atoms. The van der Waals surface area contributed by atoms with E-state index in [1.165, 1.54) is 0 Å². The Kier molecular flexibility index (Phi) is 3.82. The van der Waals surface area contributed by atoms with E-state index >= 15 is 0 Å². The van der Waals surface area contributed by atoms with Crippen molar-refractivity contribution in [1.82, 2.24) is 15.1 Å². The van der Waals surface area contributed by atoms with Gasteiger partial charge < -0.3 is 15.0 Å². The molecule has 18 heavy (non-hydrogen) atoms. The number of hydrogen-bond donors (Lipinski definition) is 1. The maximum Gasteiger partial charge on any atom is 0.240 e. The lowest BCUT2D eigenvalue weighted by molar-refractivity contribution is -0.135. The molecule has 3 aliphatic heterocycles. The average molecular weight is 253 g/mol. The normalized spacial score (nSPS) is 32.1. The van der Waals surface area contributed by atoms with Gasteiger partial charge >= 0.3 is 0 Å². The standard InChI is InChI=1S/C13H23N3O2/c17-13-12(15-7-4-14-5-8-15)1-6-16(13)11-2-9-18-10-3-11/h11-12,14H,1-10H2. The van der Waals surface area contributed by atoms with Gasteiger partial charge in [-0.3, -0.25) is 9.69 Å². The lowest BCUT2D eigenvalue weighted by Gasteiger charge is -2.34. The van der Waals surface area contributed by atoms with Gasteiger partial charge in [-0.15, -0.1) is 0 Å². The number of carbonyl (C=O) groups is 1. The van der Waals surface area contributed by atoms with Crippen LogP contribution in [-0.2, 0) is 9.53 Å². The predicted molar refractivity (Wildman–Crippen MR) is 68.4 cm³/mol. The Bertz CT molecular complexity index is 271. The Morgan fingerprint density at radius 2 is 1.78 bits per heavy atom. The maximum absolute atomic E-state index is 12.5. The predicted octanol–water partition coefficient (Wildman–Crippen LogP) is -0.328. The molecule has 0 spiro atoms. The molecule has 5 heteroatoms. The topological polar surface area (TPSA) is 44.8 Å². The summed E-state index contributed by atoms with van der Waals surface area (Å²) < 4.78 is 5.38. The first-order chi connectivity index (χ1) is 8.86. The van der Waals surface area contributed by atoms with Crippen LogP contribution in [0.3, 0.4) is 0 Å². The molecule has 0 aromatic carbocycles. The molecule has 1 atom stereocenters. The first kappa shape index (κ1) is 12.4. The van der Waals surface area contributed by atoms with Crippen molar-refractivity contribution < 1.29 is 9.53 Å². The summed E-state index contributed by atoms with van der Waals surface area (Å²) in [5.41, 5.74) is 0. The van der Waals surface area contributed by atoms with Crippen LogP contribution in [-0.4, -0.2) is 73.7 Å². The second-order valence-corrected chi connectivity index (χ2v) is 5.47. The zero-order valence-corrected chi connectivity index (χ0v) is 10.9. The lowest BCUT2D eigenvalue weighted by Crippen LogP contribution is -2.52. The summed E-state index contributed by atoms with van der Waals surface area (Å²) in [6.45, 7) is 6.62. The third-order valence-electron chi connectivity index (χ3n) is 4.44. The maximum atomic E-state index is 12.5. The van der Waals surface area contributed by atoms with Gasteiger partial charge in [-0.2, -0.15) is 0 Å². The third-order valence-corrected chi connectivity index (χ3v) is 4.44. The van der Waals surface area contributed by atoms with Crippen molar-refractivity contribution in [3.63, 3.8) is 0 Å². The molecule has 3 aliphatic rings. The van der Waals surface area contributed by atoms with E-state index < -0.39 is 0 Å². The molecule has 3 fully saturated rings. The summed E-state index contributed by atoms with van der Waals surface area (Å²) in [5, 5.41) is 3.34. The van der Waals surface area contributed by atoms with Gasteiger partial charge in [-0.25, -0.2) is 0 Å². The van der Waals surface area contributed by atoms with E-state index in [0.29, 0.717) is 11.9 Å². The largest absolute Gasteiger partial charge is 0.381 e. The number of nitrogens with zero attached hydrogens (tertiary/aromatic N) is 2. The molecule has 1 amide bonds. The Morgan fingerprint density at radius 1 is 1.06 bits per heavy atom. The van der Waals surface area contributed by atoms with Crippen molar-refractivity contribution in [3.8, 4) is 0 Å². The van der Waals surface area contributed by atoms with E-state index in [0.717, 1.165) is 65.2 Å². The van der Waals surface area contributed by atoms with Gasteiger partial charge in [0.05, 0.1) is 6.04 Å². The Balaban J connectivity index is 1.60. The Hall–Kier alpha value is -0.650. The highest BCUT2D eigenvalue weighted by atomic mass is 16.5. The summed E-state index contributed by atoms with van der Waals surface area (Å²) in [5.74, 6) is 0.365. The van der Waals surface area contributed by atoms with Crippen LogP contribution in [0.15, 0.2) is 0 Å². The first-order valence-corrected chi connectivity index (χ1v) is 7.19. The van der Waals surface area contributed by atoms with Gasteiger partial charge in [0, 0.05) is 52.0 Å². The number of piperazine rings is 1. The van der Waals surface area contributed by atoms with E-state index in [9.17, 15) is 4.79 Å². The van der Waals surface area contributed by atoms with Crippen molar-refractivity contribution >= 4 is 5.91 Å². The highest BCUT2D eigenvalue weighted by Gasteiger charge is 2.39. The number of carbonyl (C=O) groups excluding carboxylic acids is 1. The molecule has 0 aromatic rings. The van der Waals surface area contributed by atoms with Gasteiger partial charge in [0.15, 0.2) is 0 Å². The van der Waals surface area contributed by atoms with Crippen LogP contribution in [0.5, 0.6) is 0 Å². The molecule has 1 unspecified atom stereocenters. The number of hydrogen-bond acceptors (Lipinski definition) is 4. The highest BCUT2D eigenvalue weighted by molar-refractivity contribution is 5.84. The lowest BCUT2D eigenvalue weighted by atomic mass is 10.1. The monoisotopic (exact) mass is 253 g/mol. The SMILES string of the molecule is O=C1C(N2CCNCC2)CCN1C1CCOCC1. The van der Waals surface area contributed by atoms with Crippen molar-refractivity contribution in [1.29, 1.82) is 0 Å². The average Bonchev–Trinajstić information content (AvgIpc) is 2.83. The molecule has 3 saturated heterocycles.